The summed E-state index contributed by atoms with van der Waals surface area (Å²) in [6, 6.07) is -0.851. The molecule has 27 heavy (non-hydrogen) atoms. The second-order valence-corrected chi connectivity index (χ2v) is 9.78. The summed E-state index contributed by atoms with van der Waals surface area (Å²) < 4.78 is 48.1. The zero-order chi connectivity index (χ0) is 19.8. The molecule has 2 saturated carbocycles. The molecule has 6 unspecified atom stereocenters. The predicted molar refractivity (Wildman–Crippen MR) is 96.8 cm³/mol. The molecule has 2 aliphatic carbocycles. The topological polar surface area (TPSA) is 108 Å². The Balaban J connectivity index is 1.64. The van der Waals surface area contributed by atoms with Gasteiger partial charge in [0.15, 0.2) is 0 Å². The first kappa shape index (κ1) is 20.9. The van der Waals surface area contributed by atoms with Crippen LogP contribution >= 0.6 is 0 Å². The first-order chi connectivity index (χ1) is 12.7. The zero-order valence-corrected chi connectivity index (χ0v) is 16.6. The normalized spacial score (nSPS) is 39.4. The number of rotatable bonds is 6. The molecule has 1 saturated heterocycles. The summed E-state index contributed by atoms with van der Waals surface area (Å²) in [5, 5.41) is 13.7. The molecule has 0 radical (unpaired) electrons. The quantitative estimate of drug-likeness (QED) is 0.532. The average molecular weight is 408 g/mol. The number of aliphatic hydroxyl groups is 1. The van der Waals surface area contributed by atoms with Crippen LogP contribution in [-0.4, -0.2) is 73.9 Å². The fourth-order valence-electron chi connectivity index (χ4n) is 4.63. The number of amides is 1. The summed E-state index contributed by atoms with van der Waals surface area (Å²) in [4.78, 5) is 11.5. The molecule has 6 atom stereocenters. The lowest BCUT2D eigenvalue weighted by Gasteiger charge is -2.47. The maximum atomic E-state index is 15.4. The minimum absolute atomic E-state index is 0.00820. The van der Waals surface area contributed by atoms with Crippen molar-refractivity contribution in [2.75, 3.05) is 19.7 Å². The van der Waals surface area contributed by atoms with Gasteiger partial charge in [0.1, 0.15) is 6.17 Å². The van der Waals surface area contributed by atoms with Crippen molar-refractivity contribution in [1.82, 2.24) is 14.3 Å². The Kier molecular flexibility index (Phi) is 6.41. The van der Waals surface area contributed by atoms with Crippen LogP contribution in [0.3, 0.4) is 0 Å². The lowest BCUT2D eigenvalue weighted by atomic mass is 9.66. The maximum absolute atomic E-state index is 15.4. The Labute approximate surface area is 160 Å². The number of nitrogens with one attached hydrogen (secondary N) is 2. The number of nitrogens with zero attached hydrogens (tertiary/aromatic N) is 1. The largest absolute Gasteiger partial charge is 0.391 e. The number of hydrogen-bond donors (Lipinski definition) is 3. The van der Waals surface area contributed by atoms with Crippen LogP contribution in [0.1, 0.15) is 39.5 Å². The highest BCUT2D eigenvalue weighted by molar-refractivity contribution is 7.88. The molecule has 156 valence electrons. The molecular formula is C17H30FN3O5S. The van der Waals surface area contributed by atoms with E-state index >= 15 is 4.39 Å². The van der Waals surface area contributed by atoms with E-state index in [-0.39, 0.29) is 17.9 Å². The Morgan fingerprint density at radius 1 is 1.37 bits per heavy atom. The van der Waals surface area contributed by atoms with Gasteiger partial charge in [0.25, 0.3) is 0 Å². The van der Waals surface area contributed by atoms with E-state index in [1.165, 1.54) is 0 Å². The van der Waals surface area contributed by atoms with E-state index in [0.717, 1.165) is 23.7 Å². The number of ether oxygens (including phenoxy) is 1. The van der Waals surface area contributed by atoms with Crippen molar-refractivity contribution in [2.45, 2.75) is 70.0 Å². The molecule has 10 heteroatoms. The van der Waals surface area contributed by atoms with Gasteiger partial charge < -0.3 is 15.2 Å². The first-order valence-electron chi connectivity index (χ1n) is 9.68. The third kappa shape index (κ3) is 4.61. The van der Waals surface area contributed by atoms with Crippen LogP contribution < -0.4 is 10.0 Å². The molecule has 0 bridgehead atoms. The van der Waals surface area contributed by atoms with Crippen LogP contribution in [0.2, 0.25) is 0 Å². The highest BCUT2D eigenvalue weighted by atomic mass is 32.2. The van der Waals surface area contributed by atoms with E-state index < -0.39 is 41.0 Å². The lowest BCUT2D eigenvalue weighted by molar-refractivity contribution is -0.120. The van der Waals surface area contributed by atoms with Crippen molar-refractivity contribution in [3.63, 3.8) is 0 Å². The number of carbonyl (C=O) groups excluding carboxylic acids is 1. The SMILES string of the molecule is CC(C)NCCOC1CCC2CC(O)C(N3CC(=O)NS3(=O)=O)C(F)C2C1. The summed E-state index contributed by atoms with van der Waals surface area (Å²) in [6.45, 7) is 4.93. The molecule has 8 nitrogen and oxygen atoms in total. The van der Waals surface area contributed by atoms with Gasteiger partial charge in [-0.3, -0.25) is 4.79 Å². The van der Waals surface area contributed by atoms with Crippen molar-refractivity contribution in [1.29, 1.82) is 0 Å². The molecule has 0 aromatic carbocycles. The number of fused-ring (bicyclic) bond motifs is 1. The number of halogens is 1. The monoisotopic (exact) mass is 407 g/mol. The maximum Gasteiger partial charge on any atom is 0.304 e. The number of aliphatic hydroxyl groups excluding tert-OH is 1. The van der Waals surface area contributed by atoms with Gasteiger partial charge in [-0.25, -0.2) is 9.11 Å². The summed E-state index contributed by atoms with van der Waals surface area (Å²) >= 11 is 0. The van der Waals surface area contributed by atoms with Crippen molar-refractivity contribution in [3.8, 4) is 0 Å². The average Bonchev–Trinajstić information content (AvgIpc) is 2.84. The van der Waals surface area contributed by atoms with Crippen LogP contribution in [0.4, 0.5) is 4.39 Å². The van der Waals surface area contributed by atoms with Gasteiger partial charge >= 0.3 is 10.2 Å². The second kappa shape index (κ2) is 8.28. The van der Waals surface area contributed by atoms with Crippen molar-refractivity contribution in [3.05, 3.63) is 0 Å². The van der Waals surface area contributed by atoms with Crippen LogP contribution in [0, 0.1) is 11.8 Å². The van der Waals surface area contributed by atoms with Gasteiger partial charge in [-0.05, 0) is 37.5 Å². The summed E-state index contributed by atoms with van der Waals surface area (Å²) in [6.07, 6.45) is -0.290. The van der Waals surface area contributed by atoms with Crippen molar-refractivity contribution < 1.29 is 27.4 Å². The van der Waals surface area contributed by atoms with E-state index in [9.17, 15) is 18.3 Å². The van der Waals surface area contributed by atoms with Crippen LogP contribution in [0.15, 0.2) is 0 Å². The summed E-state index contributed by atoms with van der Waals surface area (Å²) in [7, 11) is -4.08. The van der Waals surface area contributed by atoms with Crippen LogP contribution in [-0.2, 0) is 19.7 Å². The van der Waals surface area contributed by atoms with E-state index in [2.05, 4.69) is 19.2 Å². The molecule has 3 rings (SSSR count). The van der Waals surface area contributed by atoms with Crippen molar-refractivity contribution in [2.24, 2.45) is 11.8 Å². The van der Waals surface area contributed by atoms with Gasteiger partial charge in [-0.1, -0.05) is 13.8 Å². The predicted octanol–water partition coefficient (Wildman–Crippen LogP) is -0.0662. The molecule has 1 aliphatic heterocycles. The summed E-state index contributed by atoms with van der Waals surface area (Å²) in [5.41, 5.74) is 0. The fourth-order valence-corrected chi connectivity index (χ4v) is 5.96. The highest BCUT2D eigenvalue weighted by Gasteiger charge is 2.53. The van der Waals surface area contributed by atoms with Gasteiger partial charge in [-0.2, -0.15) is 12.7 Å². The van der Waals surface area contributed by atoms with E-state index in [0.29, 0.717) is 25.5 Å². The Morgan fingerprint density at radius 3 is 2.74 bits per heavy atom. The molecule has 3 aliphatic rings. The molecule has 0 spiro atoms. The van der Waals surface area contributed by atoms with Gasteiger partial charge in [-0.15, -0.1) is 0 Å². The van der Waals surface area contributed by atoms with E-state index in [1.54, 1.807) is 0 Å². The fraction of sp³-hybridized carbons (Fsp3) is 0.941. The van der Waals surface area contributed by atoms with Gasteiger partial charge in [0.2, 0.25) is 5.91 Å². The van der Waals surface area contributed by atoms with Crippen LogP contribution in [0.25, 0.3) is 0 Å². The Bertz CT molecular complexity index is 646. The van der Waals surface area contributed by atoms with E-state index in [4.69, 9.17) is 4.74 Å². The Hall–Kier alpha value is -0.810. The minimum Gasteiger partial charge on any atom is -0.391 e. The van der Waals surface area contributed by atoms with Crippen LogP contribution in [0.5, 0.6) is 0 Å². The number of carbonyl (C=O) groups is 1. The molecule has 3 fully saturated rings. The highest BCUT2D eigenvalue weighted by Crippen LogP contribution is 2.45. The minimum atomic E-state index is -4.08. The first-order valence-corrected chi connectivity index (χ1v) is 11.1. The van der Waals surface area contributed by atoms with Crippen molar-refractivity contribution >= 4 is 16.1 Å². The van der Waals surface area contributed by atoms with Gasteiger partial charge in [0, 0.05) is 12.6 Å². The second-order valence-electron chi connectivity index (χ2n) is 8.15. The number of hydrogen-bond acceptors (Lipinski definition) is 6. The summed E-state index contributed by atoms with van der Waals surface area (Å²) in [5.74, 6) is -1.06. The smallest absolute Gasteiger partial charge is 0.304 e. The number of alkyl halides is 1. The third-order valence-electron chi connectivity index (χ3n) is 5.87. The lowest BCUT2D eigenvalue weighted by Crippen LogP contribution is -2.59. The zero-order valence-electron chi connectivity index (χ0n) is 15.8. The molecule has 0 aromatic heterocycles. The molecule has 1 heterocycles. The molecule has 0 aromatic rings. The Morgan fingerprint density at radius 2 is 2.11 bits per heavy atom. The van der Waals surface area contributed by atoms with E-state index in [1.807, 2.05) is 4.72 Å². The third-order valence-corrected chi connectivity index (χ3v) is 7.34. The van der Waals surface area contributed by atoms with Gasteiger partial charge in [0.05, 0.1) is 31.4 Å². The molecule has 3 N–H and O–H groups in total. The standard InChI is InChI=1S/C17H30FN3O5S/c1-10(2)19-5-6-26-12-4-3-11-7-14(22)17(16(18)13(11)8-12)21-9-15(23)20-27(21,24)25/h10-14,16-17,19,22H,3-9H2,1-2H3,(H,20,23). The molecule has 1 amide bonds. The molecular weight excluding hydrogens is 377 g/mol.